The maximum Gasteiger partial charge on any atom is 0.311 e. The molecular weight excluding hydrogens is 316 g/mol. The fraction of sp³-hybridized carbons (Fsp3) is 0.250. The van der Waals surface area contributed by atoms with Gasteiger partial charge >= 0.3 is 5.97 Å². The minimum Gasteiger partial charge on any atom is -0.457 e. The van der Waals surface area contributed by atoms with Gasteiger partial charge in [-0.05, 0) is 24.6 Å². The zero-order valence-corrected chi connectivity index (χ0v) is 13.8. The van der Waals surface area contributed by atoms with Crippen molar-refractivity contribution in [1.82, 2.24) is 9.55 Å². The summed E-state index contributed by atoms with van der Waals surface area (Å²) in [7, 11) is 0. The fourth-order valence-electron chi connectivity index (χ4n) is 3.91. The summed E-state index contributed by atoms with van der Waals surface area (Å²) < 4.78 is 7.16. The van der Waals surface area contributed by atoms with Crippen molar-refractivity contribution in [2.24, 2.45) is 0 Å². The molecule has 3 aromatic rings. The third-order valence-electron chi connectivity index (χ3n) is 5.12. The second kappa shape index (κ2) is 5.02. The molecule has 1 unspecified atom stereocenters. The molecule has 4 heterocycles. The van der Waals surface area contributed by atoms with E-state index in [0.717, 1.165) is 33.4 Å². The summed E-state index contributed by atoms with van der Waals surface area (Å²) in [5.41, 5.74) is 4.94. The van der Waals surface area contributed by atoms with Gasteiger partial charge in [0, 0.05) is 22.1 Å². The van der Waals surface area contributed by atoms with E-state index in [2.05, 4.69) is 6.07 Å². The second-order valence-corrected chi connectivity index (χ2v) is 6.61. The number of esters is 1. The summed E-state index contributed by atoms with van der Waals surface area (Å²) >= 11 is 0. The topological polar surface area (TPSA) is 61.2 Å². The van der Waals surface area contributed by atoms with Crippen molar-refractivity contribution in [3.63, 3.8) is 0 Å². The predicted octanol–water partition coefficient (Wildman–Crippen LogP) is 2.98. The summed E-state index contributed by atoms with van der Waals surface area (Å²) in [4.78, 5) is 29.6. The van der Waals surface area contributed by atoms with Gasteiger partial charge in [-0.15, -0.1) is 0 Å². The van der Waals surface area contributed by atoms with Crippen LogP contribution in [-0.2, 0) is 22.5 Å². The maximum atomic E-state index is 13.0. The van der Waals surface area contributed by atoms with Crippen LogP contribution in [0.3, 0.4) is 0 Å². The number of carbonyl (C=O) groups is 1. The lowest BCUT2D eigenvalue weighted by Gasteiger charge is -2.25. The van der Waals surface area contributed by atoms with Gasteiger partial charge in [0.2, 0.25) is 0 Å². The number of ether oxygens (including phenoxy) is 1. The highest BCUT2D eigenvalue weighted by atomic mass is 16.5. The van der Waals surface area contributed by atoms with Crippen LogP contribution in [0.4, 0.5) is 0 Å². The van der Waals surface area contributed by atoms with Gasteiger partial charge in [0.15, 0.2) is 0 Å². The molecule has 0 fully saturated rings. The average Bonchev–Trinajstić information content (AvgIpc) is 2.98. The summed E-state index contributed by atoms with van der Waals surface area (Å²) in [6.45, 7) is 2.46. The van der Waals surface area contributed by atoms with E-state index in [1.54, 1.807) is 4.57 Å². The van der Waals surface area contributed by atoms with Gasteiger partial charge in [0.1, 0.15) is 6.10 Å². The number of fused-ring (bicyclic) bond motifs is 5. The Labute approximate surface area is 143 Å². The van der Waals surface area contributed by atoms with Crippen molar-refractivity contribution in [1.29, 1.82) is 0 Å². The Bertz CT molecular complexity index is 1110. The van der Waals surface area contributed by atoms with Crippen LogP contribution in [-0.4, -0.2) is 15.5 Å². The Morgan fingerprint density at radius 3 is 2.92 bits per heavy atom. The number of cyclic esters (lactones) is 1. The quantitative estimate of drug-likeness (QED) is 0.503. The van der Waals surface area contributed by atoms with Gasteiger partial charge in [-0.1, -0.05) is 25.1 Å². The predicted molar refractivity (Wildman–Crippen MR) is 93.4 cm³/mol. The molecule has 2 aliphatic heterocycles. The van der Waals surface area contributed by atoms with Crippen LogP contribution in [0, 0.1) is 0 Å². The Balaban J connectivity index is 1.78. The van der Waals surface area contributed by atoms with E-state index in [4.69, 9.17) is 9.72 Å². The van der Waals surface area contributed by atoms with E-state index in [1.807, 2.05) is 37.3 Å². The molecule has 0 saturated heterocycles. The number of hydrogen-bond acceptors (Lipinski definition) is 4. The smallest absolute Gasteiger partial charge is 0.311 e. The molecule has 5 rings (SSSR count). The third kappa shape index (κ3) is 1.98. The lowest BCUT2D eigenvalue weighted by Crippen LogP contribution is -2.32. The number of para-hydroxylation sites is 1. The highest BCUT2D eigenvalue weighted by Crippen LogP contribution is 2.36. The number of rotatable bonds is 1. The molecule has 25 heavy (non-hydrogen) atoms. The maximum absolute atomic E-state index is 13.0. The molecule has 0 aliphatic carbocycles. The van der Waals surface area contributed by atoms with Crippen molar-refractivity contribution in [3.8, 4) is 11.4 Å². The zero-order chi connectivity index (χ0) is 17.1. The van der Waals surface area contributed by atoms with Crippen molar-refractivity contribution in [2.45, 2.75) is 32.4 Å². The molecular formula is C20H16N2O3. The van der Waals surface area contributed by atoms with Crippen LogP contribution in [0.5, 0.6) is 0 Å². The van der Waals surface area contributed by atoms with Crippen LogP contribution in [0.1, 0.15) is 36.1 Å². The van der Waals surface area contributed by atoms with E-state index in [-0.39, 0.29) is 24.1 Å². The van der Waals surface area contributed by atoms with E-state index in [1.165, 1.54) is 0 Å². The van der Waals surface area contributed by atoms with Crippen LogP contribution in [0.25, 0.3) is 22.3 Å². The summed E-state index contributed by atoms with van der Waals surface area (Å²) in [6.07, 6.45) is 0.357. The summed E-state index contributed by atoms with van der Waals surface area (Å²) in [5, 5.41) is 1.07. The molecule has 2 aromatic heterocycles. The van der Waals surface area contributed by atoms with Crippen molar-refractivity contribution >= 4 is 16.9 Å². The van der Waals surface area contributed by atoms with E-state index in [0.29, 0.717) is 18.5 Å². The first-order chi connectivity index (χ1) is 12.2. The third-order valence-corrected chi connectivity index (χ3v) is 5.12. The molecule has 0 amide bonds. The number of pyridine rings is 2. The van der Waals surface area contributed by atoms with Crippen molar-refractivity contribution < 1.29 is 9.53 Å². The number of hydrogen-bond donors (Lipinski definition) is 0. The summed E-state index contributed by atoms with van der Waals surface area (Å²) in [6, 6.07) is 12.0. The van der Waals surface area contributed by atoms with Gasteiger partial charge in [-0.3, -0.25) is 9.59 Å². The minimum atomic E-state index is -0.348. The van der Waals surface area contributed by atoms with Crippen LogP contribution >= 0.6 is 0 Å². The van der Waals surface area contributed by atoms with Crippen molar-refractivity contribution in [2.75, 3.05) is 0 Å². The Morgan fingerprint density at radius 1 is 1.24 bits per heavy atom. The van der Waals surface area contributed by atoms with E-state index in [9.17, 15) is 9.59 Å². The van der Waals surface area contributed by atoms with Crippen LogP contribution < -0.4 is 5.56 Å². The number of carbonyl (C=O) groups excluding carboxylic acids is 1. The highest BCUT2D eigenvalue weighted by molar-refractivity contribution is 5.84. The standard InChI is InChI=1S/C20H16N2O3/c1-2-17-13-8-16-19-12(7-11-5-3-4-6-15(11)21-19)10-22(16)20(24)14(13)9-18(23)25-17/h3-8,17H,2,9-10H2,1H3. The SMILES string of the molecule is CCC1OC(=O)Cc2c1cc1n(c2=O)Cc2cc3ccccc3nc2-1. The van der Waals surface area contributed by atoms with Gasteiger partial charge < -0.3 is 9.30 Å². The summed E-state index contributed by atoms with van der Waals surface area (Å²) in [5.74, 6) is -0.323. The molecule has 1 atom stereocenters. The Hall–Kier alpha value is -2.95. The Morgan fingerprint density at radius 2 is 2.08 bits per heavy atom. The zero-order valence-electron chi connectivity index (χ0n) is 13.8. The van der Waals surface area contributed by atoms with Crippen molar-refractivity contribution in [3.05, 3.63) is 63.4 Å². The molecule has 2 aliphatic rings. The molecule has 5 nitrogen and oxygen atoms in total. The largest absolute Gasteiger partial charge is 0.457 e. The fourth-order valence-corrected chi connectivity index (χ4v) is 3.91. The van der Waals surface area contributed by atoms with E-state index < -0.39 is 0 Å². The number of aromatic nitrogens is 2. The minimum absolute atomic E-state index is 0.0523. The lowest BCUT2D eigenvalue weighted by molar-refractivity contribution is -0.150. The molecule has 0 radical (unpaired) electrons. The first-order valence-electron chi connectivity index (χ1n) is 8.51. The first kappa shape index (κ1) is 14.4. The van der Waals surface area contributed by atoms with Gasteiger partial charge in [0.05, 0.1) is 29.9 Å². The van der Waals surface area contributed by atoms with Gasteiger partial charge in [-0.25, -0.2) is 4.98 Å². The molecule has 5 heteroatoms. The molecule has 0 bridgehead atoms. The van der Waals surface area contributed by atoms with E-state index >= 15 is 0 Å². The van der Waals surface area contributed by atoms with Gasteiger partial charge in [-0.2, -0.15) is 0 Å². The normalized spacial score (nSPS) is 17.8. The molecule has 0 saturated carbocycles. The highest BCUT2D eigenvalue weighted by Gasteiger charge is 2.32. The monoisotopic (exact) mass is 332 g/mol. The number of nitrogens with zero attached hydrogens (tertiary/aromatic N) is 2. The second-order valence-electron chi connectivity index (χ2n) is 6.61. The molecule has 0 spiro atoms. The molecule has 0 N–H and O–H groups in total. The number of benzene rings is 1. The average molecular weight is 332 g/mol. The van der Waals surface area contributed by atoms with Gasteiger partial charge in [0.25, 0.3) is 5.56 Å². The molecule has 124 valence electrons. The Kier molecular flexibility index (Phi) is 2.89. The first-order valence-corrected chi connectivity index (χ1v) is 8.51. The lowest BCUT2D eigenvalue weighted by atomic mass is 9.96. The van der Waals surface area contributed by atoms with Crippen LogP contribution in [0.15, 0.2) is 41.2 Å². The molecule has 1 aromatic carbocycles. The van der Waals surface area contributed by atoms with Crippen LogP contribution in [0.2, 0.25) is 0 Å².